The van der Waals surface area contributed by atoms with Crippen LogP contribution in [-0.2, 0) is 22.6 Å². The van der Waals surface area contributed by atoms with Crippen LogP contribution in [-0.4, -0.2) is 62.5 Å². The summed E-state index contributed by atoms with van der Waals surface area (Å²) in [7, 11) is 0. The van der Waals surface area contributed by atoms with E-state index in [0.717, 1.165) is 58.3 Å². The lowest BCUT2D eigenvalue weighted by molar-refractivity contribution is 0.0420. The lowest BCUT2D eigenvalue weighted by atomic mass is 10.0. The lowest BCUT2D eigenvalue weighted by Crippen LogP contribution is -2.38. The van der Waals surface area contributed by atoms with Gasteiger partial charge in [0.1, 0.15) is 0 Å². The highest BCUT2D eigenvalue weighted by Gasteiger charge is 2.18. The molecule has 0 amide bonds. The Hall–Kier alpha value is -0.900. The number of likely N-dealkylation sites (tertiary alicyclic amines) is 1. The Morgan fingerprint density at radius 2 is 1.97 bits per heavy atom. The van der Waals surface area contributed by atoms with Crippen LogP contribution in [0.1, 0.15) is 57.1 Å². The summed E-state index contributed by atoms with van der Waals surface area (Å²) in [4.78, 5) is 7.34. The SMILES string of the molecule is CCNC(=NCc1ccc(CN2CCCCC2C)cc1)NCCCOC1CCOC1.I. The minimum Gasteiger partial charge on any atom is -0.379 e. The molecule has 3 rings (SSSR count). The summed E-state index contributed by atoms with van der Waals surface area (Å²) in [6, 6.07) is 9.66. The molecule has 2 aliphatic heterocycles. The predicted molar refractivity (Wildman–Crippen MR) is 138 cm³/mol. The zero-order valence-corrected chi connectivity index (χ0v) is 21.6. The van der Waals surface area contributed by atoms with Crippen LogP contribution in [0, 0.1) is 0 Å². The Labute approximate surface area is 205 Å². The highest BCUT2D eigenvalue weighted by Crippen LogP contribution is 2.19. The zero-order valence-electron chi connectivity index (χ0n) is 19.3. The van der Waals surface area contributed by atoms with E-state index in [9.17, 15) is 0 Å². The first-order valence-corrected chi connectivity index (χ1v) is 11.8. The number of rotatable bonds is 10. The first-order chi connectivity index (χ1) is 14.7. The van der Waals surface area contributed by atoms with Gasteiger partial charge in [-0.25, -0.2) is 4.99 Å². The number of nitrogens with zero attached hydrogens (tertiary/aromatic N) is 2. The summed E-state index contributed by atoms with van der Waals surface area (Å²) in [6.45, 7) is 11.5. The number of piperidine rings is 1. The summed E-state index contributed by atoms with van der Waals surface area (Å²) in [5.74, 6) is 0.868. The summed E-state index contributed by atoms with van der Waals surface area (Å²) in [6.07, 6.45) is 6.30. The fourth-order valence-electron chi connectivity index (χ4n) is 4.06. The molecule has 0 spiro atoms. The molecule has 176 valence electrons. The quantitative estimate of drug-likeness (QED) is 0.202. The second-order valence-corrected chi connectivity index (χ2v) is 8.46. The van der Waals surface area contributed by atoms with Gasteiger partial charge in [0.15, 0.2) is 5.96 Å². The predicted octanol–water partition coefficient (Wildman–Crippen LogP) is 3.93. The Balaban J connectivity index is 0.00000341. The van der Waals surface area contributed by atoms with E-state index in [1.807, 2.05) is 0 Å². The van der Waals surface area contributed by atoms with E-state index in [-0.39, 0.29) is 30.1 Å². The van der Waals surface area contributed by atoms with Gasteiger partial charge in [0.05, 0.1) is 19.3 Å². The van der Waals surface area contributed by atoms with Crippen LogP contribution >= 0.6 is 24.0 Å². The van der Waals surface area contributed by atoms with Crippen molar-refractivity contribution in [3.63, 3.8) is 0 Å². The number of nitrogens with one attached hydrogen (secondary N) is 2. The van der Waals surface area contributed by atoms with E-state index >= 15 is 0 Å². The Morgan fingerprint density at radius 1 is 1.16 bits per heavy atom. The molecule has 6 nitrogen and oxygen atoms in total. The highest BCUT2D eigenvalue weighted by atomic mass is 127. The fourth-order valence-corrected chi connectivity index (χ4v) is 4.06. The third-order valence-corrected chi connectivity index (χ3v) is 5.97. The molecular formula is C24H41IN4O2. The molecule has 2 aliphatic rings. The van der Waals surface area contributed by atoms with E-state index in [1.54, 1.807) is 0 Å². The van der Waals surface area contributed by atoms with Crippen molar-refractivity contribution in [3.05, 3.63) is 35.4 Å². The van der Waals surface area contributed by atoms with Crippen LogP contribution in [0.25, 0.3) is 0 Å². The third kappa shape index (κ3) is 9.63. The van der Waals surface area contributed by atoms with Gasteiger partial charge in [-0.3, -0.25) is 4.90 Å². The molecule has 2 saturated heterocycles. The van der Waals surface area contributed by atoms with Crippen LogP contribution in [0.3, 0.4) is 0 Å². The first-order valence-electron chi connectivity index (χ1n) is 11.8. The number of hydrogen-bond donors (Lipinski definition) is 2. The zero-order chi connectivity index (χ0) is 21.0. The molecule has 2 N–H and O–H groups in total. The van der Waals surface area contributed by atoms with E-state index < -0.39 is 0 Å². The maximum absolute atomic E-state index is 5.82. The van der Waals surface area contributed by atoms with Crippen molar-refractivity contribution < 1.29 is 9.47 Å². The molecule has 0 aromatic heterocycles. The number of guanidine groups is 1. The maximum atomic E-state index is 5.82. The minimum absolute atomic E-state index is 0. The van der Waals surface area contributed by atoms with Gasteiger partial charge in [0.25, 0.3) is 0 Å². The highest BCUT2D eigenvalue weighted by molar-refractivity contribution is 14.0. The monoisotopic (exact) mass is 544 g/mol. The molecule has 31 heavy (non-hydrogen) atoms. The van der Waals surface area contributed by atoms with Gasteiger partial charge >= 0.3 is 0 Å². The van der Waals surface area contributed by atoms with Crippen molar-refractivity contribution in [3.8, 4) is 0 Å². The maximum Gasteiger partial charge on any atom is 0.191 e. The Bertz CT molecular complexity index is 635. The van der Waals surface area contributed by atoms with Gasteiger partial charge in [-0.15, -0.1) is 24.0 Å². The van der Waals surface area contributed by atoms with E-state index in [1.165, 1.54) is 36.9 Å². The molecule has 0 saturated carbocycles. The first kappa shape index (κ1) is 26.4. The fraction of sp³-hybridized carbons (Fsp3) is 0.708. The second kappa shape index (κ2) is 15.0. The standard InChI is InChI=1S/C24H40N4O2.HI/c1-3-25-24(26-13-6-15-30-23-12-16-29-19-23)27-17-21-8-10-22(11-9-21)18-28-14-5-4-7-20(28)2;/h8-11,20,23H,3-7,12-19H2,1-2H3,(H2,25,26,27);1H. The van der Waals surface area contributed by atoms with Crippen LogP contribution in [0.4, 0.5) is 0 Å². The molecule has 2 heterocycles. The van der Waals surface area contributed by atoms with Gasteiger partial charge in [-0.05, 0) is 57.2 Å². The van der Waals surface area contributed by atoms with Gasteiger partial charge in [0.2, 0.25) is 0 Å². The van der Waals surface area contributed by atoms with Gasteiger partial charge in [-0.1, -0.05) is 30.7 Å². The molecular weight excluding hydrogens is 503 g/mol. The van der Waals surface area contributed by atoms with Crippen molar-refractivity contribution in [2.24, 2.45) is 4.99 Å². The topological polar surface area (TPSA) is 58.1 Å². The molecule has 2 atom stereocenters. The smallest absolute Gasteiger partial charge is 0.191 e. The molecule has 2 unspecified atom stereocenters. The second-order valence-electron chi connectivity index (χ2n) is 8.46. The lowest BCUT2D eigenvalue weighted by Gasteiger charge is -2.33. The largest absolute Gasteiger partial charge is 0.379 e. The number of benzene rings is 1. The average molecular weight is 545 g/mol. The Kier molecular flexibility index (Phi) is 12.8. The summed E-state index contributed by atoms with van der Waals surface area (Å²) in [5, 5.41) is 6.73. The molecule has 2 fully saturated rings. The molecule has 1 aromatic rings. The van der Waals surface area contributed by atoms with Crippen molar-refractivity contribution in [2.75, 3.05) is 39.5 Å². The van der Waals surface area contributed by atoms with Crippen LogP contribution < -0.4 is 10.6 Å². The van der Waals surface area contributed by atoms with E-state index in [4.69, 9.17) is 14.5 Å². The van der Waals surface area contributed by atoms with Crippen molar-refractivity contribution >= 4 is 29.9 Å². The summed E-state index contributed by atoms with van der Waals surface area (Å²) in [5.41, 5.74) is 2.64. The van der Waals surface area contributed by atoms with Crippen molar-refractivity contribution in [1.29, 1.82) is 0 Å². The minimum atomic E-state index is 0. The summed E-state index contributed by atoms with van der Waals surface area (Å²) < 4.78 is 11.2. The van der Waals surface area contributed by atoms with Crippen LogP contribution in [0.5, 0.6) is 0 Å². The normalized spacial score (nSPS) is 22.2. The van der Waals surface area contributed by atoms with Gasteiger partial charge < -0.3 is 20.1 Å². The molecule has 0 aliphatic carbocycles. The van der Waals surface area contributed by atoms with Crippen molar-refractivity contribution in [1.82, 2.24) is 15.5 Å². The molecule has 0 radical (unpaired) electrons. The average Bonchev–Trinajstić information content (AvgIpc) is 3.28. The van der Waals surface area contributed by atoms with Crippen LogP contribution in [0.2, 0.25) is 0 Å². The van der Waals surface area contributed by atoms with E-state index in [0.29, 0.717) is 12.6 Å². The van der Waals surface area contributed by atoms with Crippen LogP contribution in [0.15, 0.2) is 29.3 Å². The number of halogens is 1. The molecule has 0 bridgehead atoms. The third-order valence-electron chi connectivity index (χ3n) is 5.97. The Morgan fingerprint density at radius 3 is 2.68 bits per heavy atom. The van der Waals surface area contributed by atoms with Crippen molar-refractivity contribution in [2.45, 2.75) is 71.2 Å². The van der Waals surface area contributed by atoms with Gasteiger partial charge in [-0.2, -0.15) is 0 Å². The van der Waals surface area contributed by atoms with Gasteiger partial charge in [0, 0.05) is 38.9 Å². The number of aliphatic imine (C=N–C) groups is 1. The summed E-state index contributed by atoms with van der Waals surface area (Å²) >= 11 is 0. The number of ether oxygens (including phenoxy) is 2. The number of hydrogen-bond acceptors (Lipinski definition) is 4. The van der Waals surface area contributed by atoms with E-state index in [2.05, 4.69) is 53.6 Å². The molecule has 7 heteroatoms. The molecule has 1 aromatic carbocycles.